The van der Waals surface area contributed by atoms with Crippen molar-refractivity contribution in [2.45, 2.75) is 64.0 Å². The molecule has 2 aromatic carbocycles. The smallest absolute Gasteiger partial charge is 0.160 e. The van der Waals surface area contributed by atoms with Crippen LogP contribution in [0.25, 0.3) is 10.9 Å². The minimum atomic E-state index is 0.282. The van der Waals surface area contributed by atoms with Crippen LogP contribution in [-0.4, -0.2) is 25.2 Å². The number of H-pyrrole nitrogens is 1. The maximum Gasteiger partial charge on any atom is 0.160 e. The van der Waals surface area contributed by atoms with Gasteiger partial charge < -0.3 is 19.8 Å². The van der Waals surface area contributed by atoms with Crippen LogP contribution in [0.4, 0.5) is 0 Å². The van der Waals surface area contributed by atoms with E-state index in [1.54, 1.807) is 19.8 Å². The second-order valence-corrected chi connectivity index (χ2v) is 9.07. The van der Waals surface area contributed by atoms with Crippen molar-refractivity contribution in [3.05, 3.63) is 58.3 Å². The number of aromatic nitrogens is 1. The van der Waals surface area contributed by atoms with Gasteiger partial charge in [0.1, 0.15) is 0 Å². The minimum absolute atomic E-state index is 0.282. The highest BCUT2D eigenvalue weighted by molar-refractivity contribution is 5.89. The summed E-state index contributed by atoms with van der Waals surface area (Å²) in [7, 11) is 3.39. The number of aromatic amines is 1. The maximum absolute atomic E-state index is 5.55. The Balaban J connectivity index is 1.60. The van der Waals surface area contributed by atoms with Crippen molar-refractivity contribution < 1.29 is 9.47 Å². The van der Waals surface area contributed by atoms with Gasteiger partial charge in [0, 0.05) is 28.6 Å². The Bertz CT molecular complexity index is 1080. The lowest BCUT2D eigenvalue weighted by Crippen LogP contribution is -2.44. The van der Waals surface area contributed by atoms with E-state index >= 15 is 0 Å². The average Bonchev–Trinajstić information content (AvgIpc) is 3.14. The highest BCUT2D eigenvalue weighted by atomic mass is 16.5. The second-order valence-electron chi connectivity index (χ2n) is 9.07. The zero-order valence-electron chi connectivity index (χ0n) is 18.5. The molecule has 30 heavy (non-hydrogen) atoms. The van der Waals surface area contributed by atoms with Gasteiger partial charge in [-0.2, -0.15) is 0 Å². The quantitative estimate of drug-likeness (QED) is 0.585. The molecule has 4 nitrogen and oxygen atoms in total. The Labute approximate surface area is 179 Å². The Morgan fingerprint density at radius 2 is 1.77 bits per heavy atom. The second kappa shape index (κ2) is 7.66. The van der Waals surface area contributed by atoms with E-state index in [0.29, 0.717) is 12.0 Å². The molecule has 2 aliphatic rings. The van der Waals surface area contributed by atoms with Crippen molar-refractivity contribution >= 4 is 10.9 Å². The van der Waals surface area contributed by atoms with Crippen LogP contribution in [0, 0.1) is 13.8 Å². The predicted octanol–water partition coefficient (Wildman–Crippen LogP) is 5.72. The summed E-state index contributed by atoms with van der Waals surface area (Å²) in [5.41, 5.74) is 8.23. The number of ether oxygens (including phenoxy) is 2. The van der Waals surface area contributed by atoms with Gasteiger partial charge in [0.2, 0.25) is 0 Å². The molecule has 1 fully saturated rings. The first-order valence-electron chi connectivity index (χ1n) is 11.2. The van der Waals surface area contributed by atoms with E-state index in [9.17, 15) is 0 Å². The zero-order valence-corrected chi connectivity index (χ0v) is 18.5. The topological polar surface area (TPSA) is 46.3 Å². The first-order chi connectivity index (χ1) is 14.6. The number of hydrogen-bond donors (Lipinski definition) is 2. The van der Waals surface area contributed by atoms with Crippen LogP contribution in [0.2, 0.25) is 0 Å². The van der Waals surface area contributed by atoms with Crippen LogP contribution in [0.3, 0.4) is 0 Å². The van der Waals surface area contributed by atoms with Crippen LogP contribution in [-0.2, 0) is 6.42 Å². The molecular weight excluding hydrogens is 372 g/mol. The summed E-state index contributed by atoms with van der Waals surface area (Å²) >= 11 is 0. The van der Waals surface area contributed by atoms with Gasteiger partial charge in [-0.15, -0.1) is 0 Å². The normalized spacial score (nSPS) is 23.1. The molecule has 1 saturated carbocycles. The first kappa shape index (κ1) is 19.5. The zero-order chi connectivity index (χ0) is 20.8. The van der Waals surface area contributed by atoms with Gasteiger partial charge in [-0.05, 0) is 68.0 Å². The van der Waals surface area contributed by atoms with Crippen molar-refractivity contribution in [1.29, 1.82) is 0 Å². The molecule has 4 heteroatoms. The van der Waals surface area contributed by atoms with Gasteiger partial charge in [0.15, 0.2) is 11.5 Å². The van der Waals surface area contributed by atoms with Crippen LogP contribution < -0.4 is 14.8 Å². The minimum Gasteiger partial charge on any atom is -0.493 e. The Kier molecular flexibility index (Phi) is 4.98. The van der Waals surface area contributed by atoms with E-state index in [4.69, 9.17) is 9.47 Å². The third-order valence-electron chi connectivity index (χ3n) is 7.11. The number of benzene rings is 2. The van der Waals surface area contributed by atoms with E-state index in [1.807, 2.05) is 6.07 Å². The molecule has 0 radical (unpaired) electrons. The molecule has 3 aromatic rings. The number of rotatable bonds is 4. The molecule has 2 N–H and O–H groups in total. The molecule has 0 bridgehead atoms. The fourth-order valence-corrected chi connectivity index (χ4v) is 5.79. The summed E-state index contributed by atoms with van der Waals surface area (Å²) < 4.78 is 11.0. The molecule has 2 heterocycles. The van der Waals surface area contributed by atoms with E-state index in [1.165, 1.54) is 59.0 Å². The molecule has 0 spiro atoms. The molecule has 1 aromatic heterocycles. The number of hydrogen-bond acceptors (Lipinski definition) is 3. The molecule has 5 rings (SSSR count). The molecular formula is C26H32N2O2. The SMILES string of the molecule is COc1ccc(C[C@@H]2N[C@@H]3CCCC[C@H]3c3c2[nH]c2c(C)cc(C)cc32)cc1OC. The van der Waals surface area contributed by atoms with Gasteiger partial charge in [0.05, 0.1) is 20.3 Å². The van der Waals surface area contributed by atoms with E-state index in [0.717, 1.165) is 17.9 Å². The monoisotopic (exact) mass is 404 g/mol. The summed E-state index contributed by atoms with van der Waals surface area (Å²) in [4.78, 5) is 3.85. The summed E-state index contributed by atoms with van der Waals surface area (Å²) in [6.07, 6.45) is 6.15. The average molecular weight is 405 g/mol. The van der Waals surface area contributed by atoms with Crippen LogP contribution in [0.5, 0.6) is 11.5 Å². The predicted molar refractivity (Wildman–Crippen MR) is 122 cm³/mol. The Morgan fingerprint density at radius 3 is 2.57 bits per heavy atom. The largest absolute Gasteiger partial charge is 0.493 e. The fraction of sp³-hybridized carbons (Fsp3) is 0.462. The van der Waals surface area contributed by atoms with Crippen molar-refractivity contribution in [3.63, 3.8) is 0 Å². The van der Waals surface area contributed by atoms with Crippen molar-refractivity contribution in [2.24, 2.45) is 0 Å². The molecule has 158 valence electrons. The molecule has 0 amide bonds. The summed E-state index contributed by atoms with van der Waals surface area (Å²) in [6.45, 7) is 4.44. The van der Waals surface area contributed by atoms with Crippen LogP contribution in [0.1, 0.15) is 65.6 Å². The highest BCUT2D eigenvalue weighted by Gasteiger charge is 2.38. The van der Waals surface area contributed by atoms with E-state index in [2.05, 4.69) is 48.4 Å². The van der Waals surface area contributed by atoms with Crippen LogP contribution in [0.15, 0.2) is 30.3 Å². The summed E-state index contributed by atoms with van der Waals surface area (Å²) in [6, 6.07) is 11.8. The number of methoxy groups -OCH3 is 2. The molecule has 0 saturated heterocycles. The first-order valence-corrected chi connectivity index (χ1v) is 11.2. The Hall–Kier alpha value is -2.46. The molecule has 3 atom stereocenters. The van der Waals surface area contributed by atoms with Gasteiger partial charge in [-0.25, -0.2) is 0 Å². The van der Waals surface area contributed by atoms with Gasteiger partial charge >= 0.3 is 0 Å². The van der Waals surface area contributed by atoms with Crippen LogP contribution >= 0.6 is 0 Å². The highest BCUT2D eigenvalue weighted by Crippen LogP contribution is 2.46. The standard InChI is InChI=1S/C26H32N2O2/c1-15-11-16(2)25-19(12-15)24-18-7-5-6-8-20(18)27-21(26(24)28-25)13-17-9-10-22(29-3)23(14-17)30-4/h9-12,14,18,20-21,27-28H,5-8,13H2,1-4H3/t18-,20-,21+/m1/s1. The lowest BCUT2D eigenvalue weighted by atomic mass is 9.74. The van der Waals surface area contributed by atoms with Gasteiger partial charge in [-0.1, -0.05) is 30.5 Å². The summed E-state index contributed by atoms with van der Waals surface area (Å²) in [5.74, 6) is 2.19. The lowest BCUT2D eigenvalue weighted by molar-refractivity contribution is 0.274. The molecule has 1 aliphatic carbocycles. The third kappa shape index (κ3) is 3.18. The van der Waals surface area contributed by atoms with Gasteiger partial charge in [-0.3, -0.25) is 0 Å². The summed E-state index contributed by atoms with van der Waals surface area (Å²) in [5, 5.41) is 5.46. The third-order valence-corrected chi connectivity index (χ3v) is 7.11. The Morgan fingerprint density at radius 1 is 0.967 bits per heavy atom. The van der Waals surface area contributed by atoms with Crippen molar-refractivity contribution in [1.82, 2.24) is 10.3 Å². The fourth-order valence-electron chi connectivity index (χ4n) is 5.79. The number of nitrogens with one attached hydrogen (secondary N) is 2. The van der Waals surface area contributed by atoms with E-state index < -0.39 is 0 Å². The van der Waals surface area contributed by atoms with Crippen molar-refractivity contribution in [3.8, 4) is 11.5 Å². The maximum atomic E-state index is 5.55. The lowest BCUT2D eigenvalue weighted by Gasteiger charge is -2.41. The number of aryl methyl sites for hydroxylation is 2. The number of fused-ring (bicyclic) bond motifs is 5. The van der Waals surface area contributed by atoms with Crippen molar-refractivity contribution in [2.75, 3.05) is 14.2 Å². The van der Waals surface area contributed by atoms with Gasteiger partial charge in [0.25, 0.3) is 0 Å². The molecule has 0 unspecified atom stereocenters. The van der Waals surface area contributed by atoms with E-state index in [-0.39, 0.29) is 6.04 Å². The molecule has 1 aliphatic heterocycles.